The topological polar surface area (TPSA) is 49.3 Å². The number of rotatable bonds is 3. The molecule has 1 aromatic heterocycles. The number of aliphatic imine (C=N–C) groups is 1. The Morgan fingerprint density at radius 3 is 2.61 bits per heavy atom. The number of nitrogens with one attached hydrogen (secondary N) is 2. The van der Waals surface area contributed by atoms with Gasteiger partial charge in [0, 0.05) is 31.5 Å². The minimum atomic E-state index is 0. The first-order valence-electron chi connectivity index (χ1n) is 5.89. The second kappa shape index (κ2) is 8.29. The first-order valence-corrected chi connectivity index (χ1v) is 5.89. The molecule has 102 valence electrons. The summed E-state index contributed by atoms with van der Waals surface area (Å²) in [5.74, 6) is 0.835. The number of guanidine groups is 1. The average molecular weight is 362 g/mol. The van der Waals surface area contributed by atoms with Gasteiger partial charge in [-0.05, 0) is 38.8 Å². The Morgan fingerprint density at radius 2 is 2.11 bits per heavy atom. The Hall–Kier alpha value is -0.850. The van der Waals surface area contributed by atoms with Crippen LogP contribution in [0.3, 0.4) is 0 Å². The molecule has 0 saturated heterocycles. The van der Waals surface area contributed by atoms with Gasteiger partial charge in [0.05, 0.1) is 0 Å². The van der Waals surface area contributed by atoms with Crippen LogP contribution in [0.1, 0.15) is 26.3 Å². The highest BCUT2D eigenvalue weighted by Crippen LogP contribution is 1.98. The largest absolute Gasteiger partial charge is 0.356 e. The van der Waals surface area contributed by atoms with Crippen molar-refractivity contribution in [2.45, 2.75) is 32.7 Å². The van der Waals surface area contributed by atoms with Crippen LogP contribution in [0.4, 0.5) is 0 Å². The number of aromatic nitrogens is 1. The quantitative estimate of drug-likeness (QED) is 0.493. The van der Waals surface area contributed by atoms with E-state index >= 15 is 0 Å². The first kappa shape index (κ1) is 17.2. The predicted octanol–water partition coefficient (Wildman–Crippen LogP) is 2.21. The third-order valence-electron chi connectivity index (χ3n) is 2.15. The van der Waals surface area contributed by atoms with Gasteiger partial charge in [0.15, 0.2) is 5.96 Å². The summed E-state index contributed by atoms with van der Waals surface area (Å²) in [5.41, 5.74) is 1.25. The second-order valence-corrected chi connectivity index (χ2v) is 4.99. The highest BCUT2D eigenvalue weighted by atomic mass is 127. The van der Waals surface area contributed by atoms with Crippen LogP contribution in [-0.2, 0) is 6.42 Å². The van der Waals surface area contributed by atoms with E-state index < -0.39 is 0 Å². The number of pyridine rings is 1. The van der Waals surface area contributed by atoms with Crippen molar-refractivity contribution >= 4 is 29.9 Å². The maximum Gasteiger partial charge on any atom is 0.191 e. The van der Waals surface area contributed by atoms with Crippen molar-refractivity contribution in [3.05, 3.63) is 30.1 Å². The summed E-state index contributed by atoms with van der Waals surface area (Å²) in [4.78, 5) is 8.27. The van der Waals surface area contributed by atoms with E-state index in [4.69, 9.17) is 0 Å². The fourth-order valence-corrected chi connectivity index (χ4v) is 1.41. The predicted molar refractivity (Wildman–Crippen MR) is 87.6 cm³/mol. The van der Waals surface area contributed by atoms with Gasteiger partial charge in [-0.1, -0.05) is 6.07 Å². The van der Waals surface area contributed by atoms with E-state index in [-0.39, 0.29) is 29.5 Å². The zero-order chi connectivity index (χ0) is 12.7. The Kier molecular flexibility index (Phi) is 7.90. The fraction of sp³-hybridized carbons (Fsp3) is 0.538. The summed E-state index contributed by atoms with van der Waals surface area (Å²) in [6.07, 6.45) is 4.62. The summed E-state index contributed by atoms with van der Waals surface area (Å²) >= 11 is 0. The molecular formula is C13H23IN4. The van der Waals surface area contributed by atoms with E-state index in [1.165, 1.54) is 5.56 Å². The SMILES string of the molecule is CN=C(NCCc1cccnc1)NC(C)(C)C.I. The molecule has 2 N–H and O–H groups in total. The average Bonchev–Trinajstić information content (AvgIpc) is 2.27. The summed E-state index contributed by atoms with van der Waals surface area (Å²) in [7, 11) is 1.78. The van der Waals surface area contributed by atoms with Gasteiger partial charge < -0.3 is 10.6 Å². The molecule has 0 aliphatic heterocycles. The maximum atomic E-state index is 4.18. The third kappa shape index (κ3) is 7.47. The lowest BCUT2D eigenvalue weighted by Crippen LogP contribution is -2.48. The lowest BCUT2D eigenvalue weighted by atomic mass is 10.1. The molecule has 18 heavy (non-hydrogen) atoms. The molecule has 0 aliphatic carbocycles. The van der Waals surface area contributed by atoms with Crippen molar-refractivity contribution in [2.75, 3.05) is 13.6 Å². The molecular weight excluding hydrogens is 339 g/mol. The molecule has 0 aromatic carbocycles. The van der Waals surface area contributed by atoms with Crippen molar-refractivity contribution in [2.24, 2.45) is 4.99 Å². The van der Waals surface area contributed by atoms with Gasteiger partial charge in [-0.15, -0.1) is 24.0 Å². The number of hydrogen-bond donors (Lipinski definition) is 2. The van der Waals surface area contributed by atoms with Crippen LogP contribution in [0.25, 0.3) is 0 Å². The van der Waals surface area contributed by atoms with Gasteiger partial charge in [-0.25, -0.2) is 0 Å². The summed E-state index contributed by atoms with van der Waals surface area (Å²) in [6, 6.07) is 4.03. The summed E-state index contributed by atoms with van der Waals surface area (Å²) in [5, 5.41) is 6.60. The van der Waals surface area contributed by atoms with Crippen molar-refractivity contribution in [1.29, 1.82) is 0 Å². The fourth-order valence-electron chi connectivity index (χ4n) is 1.41. The molecule has 0 aliphatic rings. The van der Waals surface area contributed by atoms with Crippen LogP contribution in [0.2, 0.25) is 0 Å². The van der Waals surface area contributed by atoms with E-state index in [9.17, 15) is 0 Å². The normalized spacial score (nSPS) is 11.7. The van der Waals surface area contributed by atoms with E-state index in [1.807, 2.05) is 12.3 Å². The molecule has 1 heterocycles. The maximum absolute atomic E-state index is 4.18. The lowest BCUT2D eigenvalue weighted by molar-refractivity contribution is 0.501. The standard InChI is InChI=1S/C13H22N4.HI/c1-13(2,3)17-12(14-4)16-9-7-11-6-5-8-15-10-11;/h5-6,8,10H,7,9H2,1-4H3,(H2,14,16,17);1H. The Morgan fingerprint density at radius 1 is 1.39 bits per heavy atom. The van der Waals surface area contributed by atoms with Crippen LogP contribution in [0.5, 0.6) is 0 Å². The molecule has 4 nitrogen and oxygen atoms in total. The monoisotopic (exact) mass is 362 g/mol. The summed E-state index contributed by atoms with van der Waals surface area (Å²) < 4.78 is 0. The minimum Gasteiger partial charge on any atom is -0.356 e. The highest BCUT2D eigenvalue weighted by Gasteiger charge is 2.11. The smallest absolute Gasteiger partial charge is 0.191 e. The van der Waals surface area contributed by atoms with E-state index in [2.05, 4.69) is 47.4 Å². The van der Waals surface area contributed by atoms with Crippen LogP contribution in [0.15, 0.2) is 29.5 Å². The number of nitrogens with zero attached hydrogens (tertiary/aromatic N) is 2. The zero-order valence-electron chi connectivity index (χ0n) is 11.5. The minimum absolute atomic E-state index is 0. The molecule has 0 saturated carbocycles. The van der Waals surface area contributed by atoms with Crippen molar-refractivity contribution in [3.8, 4) is 0 Å². The Bertz CT molecular complexity index is 357. The lowest BCUT2D eigenvalue weighted by Gasteiger charge is -2.23. The van der Waals surface area contributed by atoms with Crippen molar-refractivity contribution in [3.63, 3.8) is 0 Å². The molecule has 1 aromatic rings. The van der Waals surface area contributed by atoms with Crippen molar-refractivity contribution < 1.29 is 0 Å². The molecule has 0 bridgehead atoms. The Labute approximate surface area is 127 Å². The molecule has 0 spiro atoms. The Balaban J connectivity index is 0.00000289. The zero-order valence-corrected chi connectivity index (χ0v) is 13.9. The third-order valence-corrected chi connectivity index (χ3v) is 2.15. The van der Waals surface area contributed by atoms with Crippen LogP contribution in [0, 0.1) is 0 Å². The van der Waals surface area contributed by atoms with Gasteiger partial charge in [-0.3, -0.25) is 9.98 Å². The first-order chi connectivity index (χ1) is 8.01. The van der Waals surface area contributed by atoms with Crippen molar-refractivity contribution in [1.82, 2.24) is 15.6 Å². The number of halogens is 1. The molecule has 0 atom stereocenters. The molecule has 5 heteroatoms. The van der Waals surface area contributed by atoms with Gasteiger partial charge in [0.2, 0.25) is 0 Å². The van der Waals surface area contributed by atoms with Gasteiger partial charge in [0.25, 0.3) is 0 Å². The molecule has 0 unspecified atom stereocenters. The molecule has 1 rings (SSSR count). The highest BCUT2D eigenvalue weighted by molar-refractivity contribution is 14.0. The van der Waals surface area contributed by atoms with E-state index in [0.29, 0.717) is 0 Å². The van der Waals surface area contributed by atoms with Crippen LogP contribution >= 0.6 is 24.0 Å². The number of hydrogen-bond acceptors (Lipinski definition) is 2. The van der Waals surface area contributed by atoms with E-state index in [0.717, 1.165) is 18.9 Å². The molecule has 0 amide bonds. The molecule has 0 fully saturated rings. The van der Waals surface area contributed by atoms with Crippen LogP contribution in [-0.4, -0.2) is 30.1 Å². The van der Waals surface area contributed by atoms with Gasteiger partial charge >= 0.3 is 0 Å². The summed E-state index contributed by atoms with van der Waals surface area (Å²) in [6.45, 7) is 7.18. The second-order valence-electron chi connectivity index (χ2n) is 4.99. The van der Waals surface area contributed by atoms with E-state index in [1.54, 1.807) is 13.2 Å². The van der Waals surface area contributed by atoms with Gasteiger partial charge in [0.1, 0.15) is 0 Å². The van der Waals surface area contributed by atoms with Crippen LogP contribution < -0.4 is 10.6 Å². The molecule has 0 radical (unpaired) electrons. The van der Waals surface area contributed by atoms with Gasteiger partial charge in [-0.2, -0.15) is 0 Å².